The van der Waals surface area contributed by atoms with Crippen LogP contribution in [0.2, 0.25) is 0 Å². The lowest BCUT2D eigenvalue weighted by Crippen LogP contribution is -2.41. The molecular weight excluding hydrogens is 284 g/mol. The van der Waals surface area contributed by atoms with Crippen molar-refractivity contribution in [1.82, 2.24) is 4.72 Å². The van der Waals surface area contributed by atoms with Gasteiger partial charge in [-0.1, -0.05) is 6.07 Å². The van der Waals surface area contributed by atoms with Gasteiger partial charge in [0.15, 0.2) is 4.90 Å². The van der Waals surface area contributed by atoms with Gasteiger partial charge in [0.1, 0.15) is 17.7 Å². The second-order valence-electron chi connectivity index (χ2n) is 3.58. The molecule has 0 fully saturated rings. The first kappa shape index (κ1) is 15.5. The van der Waals surface area contributed by atoms with Crippen LogP contribution in [0, 0.1) is 11.6 Å². The number of aliphatic carboxylic acids is 1. The van der Waals surface area contributed by atoms with E-state index in [0.717, 1.165) is 18.2 Å². The Labute approximate surface area is 107 Å². The molecule has 0 aromatic heterocycles. The molecule has 0 amide bonds. The fourth-order valence-electron chi connectivity index (χ4n) is 1.35. The third-order valence-corrected chi connectivity index (χ3v) is 3.72. The van der Waals surface area contributed by atoms with Crippen molar-refractivity contribution in [3.8, 4) is 0 Å². The molecule has 0 unspecified atom stereocenters. The number of nitrogens with one attached hydrogen (secondary N) is 1. The van der Waals surface area contributed by atoms with Crippen LogP contribution in [0.3, 0.4) is 0 Å². The highest BCUT2D eigenvalue weighted by molar-refractivity contribution is 7.89. The van der Waals surface area contributed by atoms with Gasteiger partial charge < -0.3 is 10.2 Å². The molecule has 0 saturated carbocycles. The van der Waals surface area contributed by atoms with Crippen molar-refractivity contribution in [2.45, 2.75) is 17.4 Å². The van der Waals surface area contributed by atoms with Crippen molar-refractivity contribution < 1.29 is 32.2 Å². The average molecular weight is 295 g/mol. The number of sulfonamides is 1. The normalized spacial score (nSPS) is 13.2. The van der Waals surface area contributed by atoms with Gasteiger partial charge in [-0.25, -0.2) is 17.2 Å². The Balaban J connectivity index is 3.14. The Hall–Kier alpha value is -1.58. The van der Waals surface area contributed by atoms with Crippen LogP contribution >= 0.6 is 0 Å². The lowest BCUT2D eigenvalue weighted by atomic mass is 10.2. The Morgan fingerprint density at radius 1 is 1.32 bits per heavy atom. The molecule has 0 heterocycles. The standard InChI is InChI=1S/C10H11F2NO5S/c11-6-2-1-3-7(12)9(6)19(17,18)13-8(4-5-14)10(15)16/h1-3,8,13-14H,4-5H2,(H,15,16)/t8-/m1/s1. The van der Waals surface area contributed by atoms with E-state index in [9.17, 15) is 22.0 Å². The average Bonchev–Trinajstić information content (AvgIpc) is 2.27. The van der Waals surface area contributed by atoms with E-state index < -0.39 is 51.6 Å². The van der Waals surface area contributed by atoms with E-state index in [-0.39, 0.29) is 0 Å². The highest BCUT2D eigenvalue weighted by atomic mass is 32.2. The van der Waals surface area contributed by atoms with Crippen molar-refractivity contribution in [2.24, 2.45) is 0 Å². The molecule has 9 heteroatoms. The smallest absolute Gasteiger partial charge is 0.321 e. The summed E-state index contributed by atoms with van der Waals surface area (Å²) in [5.74, 6) is -4.23. The quantitative estimate of drug-likeness (QED) is 0.689. The number of hydrogen-bond acceptors (Lipinski definition) is 4. The fourth-order valence-corrected chi connectivity index (χ4v) is 2.71. The molecule has 0 aliphatic carbocycles. The number of halogens is 2. The zero-order chi connectivity index (χ0) is 14.6. The predicted octanol–water partition coefficient (Wildman–Crippen LogP) is 0.0787. The highest BCUT2D eigenvalue weighted by Gasteiger charge is 2.29. The number of carbonyl (C=O) groups is 1. The van der Waals surface area contributed by atoms with Crippen LogP contribution in [0.1, 0.15) is 6.42 Å². The number of carboxylic acid groups (broad SMARTS) is 1. The molecule has 0 spiro atoms. The Kier molecular flexibility index (Phi) is 4.92. The molecule has 0 radical (unpaired) electrons. The van der Waals surface area contributed by atoms with Gasteiger partial charge in [-0.15, -0.1) is 0 Å². The number of aliphatic hydroxyl groups excluding tert-OH is 1. The number of hydrogen-bond donors (Lipinski definition) is 3. The van der Waals surface area contributed by atoms with Crippen LogP contribution in [0.25, 0.3) is 0 Å². The molecule has 0 saturated heterocycles. The second kappa shape index (κ2) is 6.04. The third kappa shape index (κ3) is 3.69. The molecule has 3 N–H and O–H groups in total. The van der Waals surface area contributed by atoms with Gasteiger partial charge in [-0.05, 0) is 18.6 Å². The first-order valence-electron chi connectivity index (χ1n) is 5.09. The second-order valence-corrected chi connectivity index (χ2v) is 5.23. The summed E-state index contributed by atoms with van der Waals surface area (Å²) >= 11 is 0. The van der Waals surface area contributed by atoms with E-state index in [1.807, 2.05) is 0 Å². The minimum Gasteiger partial charge on any atom is -0.480 e. The first-order valence-corrected chi connectivity index (χ1v) is 6.58. The van der Waals surface area contributed by atoms with E-state index in [1.165, 1.54) is 0 Å². The zero-order valence-corrected chi connectivity index (χ0v) is 10.3. The summed E-state index contributed by atoms with van der Waals surface area (Å²) in [6.07, 6.45) is -0.426. The van der Waals surface area contributed by atoms with Crippen LogP contribution in [0.5, 0.6) is 0 Å². The van der Waals surface area contributed by atoms with E-state index in [0.29, 0.717) is 0 Å². The minimum atomic E-state index is -4.68. The molecule has 0 aliphatic heterocycles. The van der Waals surface area contributed by atoms with Crippen molar-refractivity contribution in [3.63, 3.8) is 0 Å². The molecule has 1 atom stereocenters. The van der Waals surface area contributed by atoms with Crippen molar-refractivity contribution in [3.05, 3.63) is 29.8 Å². The molecule has 106 valence electrons. The Morgan fingerprint density at radius 2 is 1.84 bits per heavy atom. The highest BCUT2D eigenvalue weighted by Crippen LogP contribution is 2.18. The van der Waals surface area contributed by atoms with Crippen LogP contribution < -0.4 is 4.72 Å². The summed E-state index contributed by atoms with van der Waals surface area (Å²) in [6, 6.07) is 0.777. The van der Waals surface area contributed by atoms with Crippen molar-refractivity contribution in [1.29, 1.82) is 0 Å². The molecule has 6 nitrogen and oxygen atoms in total. The Morgan fingerprint density at radius 3 is 2.26 bits per heavy atom. The zero-order valence-electron chi connectivity index (χ0n) is 9.51. The summed E-state index contributed by atoms with van der Waals surface area (Å²) in [5.41, 5.74) is 0. The van der Waals surface area contributed by atoms with Gasteiger partial charge in [0, 0.05) is 6.61 Å². The van der Waals surface area contributed by atoms with E-state index in [4.69, 9.17) is 10.2 Å². The molecule has 1 rings (SSSR count). The molecule has 0 aliphatic rings. The number of aliphatic hydroxyl groups is 1. The van der Waals surface area contributed by atoms with Gasteiger partial charge in [-0.2, -0.15) is 4.72 Å². The summed E-state index contributed by atoms with van der Waals surface area (Å²) in [7, 11) is -4.68. The topological polar surface area (TPSA) is 104 Å². The minimum absolute atomic E-state index is 0.426. The van der Waals surface area contributed by atoms with E-state index in [1.54, 1.807) is 4.72 Å². The van der Waals surface area contributed by atoms with Gasteiger partial charge in [-0.3, -0.25) is 4.79 Å². The monoisotopic (exact) mass is 295 g/mol. The van der Waals surface area contributed by atoms with Gasteiger partial charge in [0.05, 0.1) is 0 Å². The largest absolute Gasteiger partial charge is 0.480 e. The summed E-state index contributed by atoms with van der Waals surface area (Å²) in [5, 5.41) is 17.3. The lowest BCUT2D eigenvalue weighted by Gasteiger charge is -2.14. The number of rotatable bonds is 6. The summed E-state index contributed by atoms with van der Waals surface area (Å²) < 4.78 is 51.7. The van der Waals surface area contributed by atoms with Gasteiger partial charge in [0.25, 0.3) is 0 Å². The van der Waals surface area contributed by atoms with Crippen LogP contribution in [0.4, 0.5) is 8.78 Å². The fraction of sp³-hybridized carbons (Fsp3) is 0.300. The first-order chi connectivity index (χ1) is 8.79. The van der Waals surface area contributed by atoms with Crippen LogP contribution in [0.15, 0.2) is 23.1 Å². The lowest BCUT2D eigenvalue weighted by molar-refractivity contribution is -0.139. The molecular formula is C10H11F2NO5S. The predicted molar refractivity (Wildman–Crippen MR) is 59.8 cm³/mol. The maximum atomic E-state index is 13.3. The maximum absolute atomic E-state index is 13.3. The third-order valence-electron chi connectivity index (χ3n) is 2.20. The molecule has 1 aromatic rings. The van der Waals surface area contributed by atoms with Crippen molar-refractivity contribution in [2.75, 3.05) is 6.61 Å². The summed E-state index contributed by atoms with van der Waals surface area (Å²) in [6.45, 7) is -0.598. The maximum Gasteiger partial charge on any atom is 0.321 e. The van der Waals surface area contributed by atoms with Gasteiger partial charge in [0.2, 0.25) is 10.0 Å². The Bertz CT molecular complexity index is 555. The molecule has 1 aromatic carbocycles. The number of benzene rings is 1. The van der Waals surface area contributed by atoms with Crippen LogP contribution in [-0.2, 0) is 14.8 Å². The summed E-state index contributed by atoms with van der Waals surface area (Å²) in [4.78, 5) is 9.49. The SMILES string of the molecule is O=C(O)[C@@H](CCO)NS(=O)(=O)c1c(F)cccc1F. The van der Waals surface area contributed by atoms with E-state index in [2.05, 4.69) is 0 Å². The number of carboxylic acids is 1. The van der Waals surface area contributed by atoms with Crippen molar-refractivity contribution >= 4 is 16.0 Å². The van der Waals surface area contributed by atoms with E-state index >= 15 is 0 Å². The van der Waals surface area contributed by atoms with Crippen LogP contribution in [-0.4, -0.2) is 37.2 Å². The molecule has 19 heavy (non-hydrogen) atoms. The van der Waals surface area contributed by atoms with Gasteiger partial charge >= 0.3 is 5.97 Å². The molecule has 0 bridgehead atoms.